The maximum absolute atomic E-state index is 4.60. The number of rotatable bonds is 3. The van der Waals surface area contributed by atoms with Crippen molar-refractivity contribution >= 4 is 11.4 Å². The van der Waals surface area contributed by atoms with Gasteiger partial charge in [-0.15, -0.1) is 0 Å². The third-order valence-corrected chi connectivity index (χ3v) is 2.83. The average Bonchev–Trinajstić information content (AvgIpc) is 2.40. The SMILES string of the molecule is CC(C)(C)C(=NNc1ccccc1)c1ccccc1. The highest BCUT2D eigenvalue weighted by Gasteiger charge is 2.20. The summed E-state index contributed by atoms with van der Waals surface area (Å²) in [6, 6.07) is 20.3. The van der Waals surface area contributed by atoms with Crippen molar-refractivity contribution in [2.45, 2.75) is 20.8 Å². The monoisotopic (exact) mass is 252 g/mol. The fourth-order valence-corrected chi connectivity index (χ4v) is 1.89. The van der Waals surface area contributed by atoms with Gasteiger partial charge in [-0.25, -0.2) is 0 Å². The van der Waals surface area contributed by atoms with Crippen molar-refractivity contribution in [3.05, 3.63) is 66.2 Å². The predicted octanol–water partition coefficient (Wildman–Crippen LogP) is 4.55. The fraction of sp³-hybridized carbons (Fsp3) is 0.235. The molecule has 2 heteroatoms. The van der Waals surface area contributed by atoms with Crippen LogP contribution >= 0.6 is 0 Å². The first-order valence-corrected chi connectivity index (χ1v) is 6.52. The Morgan fingerprint density at radius 1 is 0.842 bits per heavy atom. The molecule has 0 fully saturated rings. The summed E-state index contributed by atoms with van der Waals surface area (Å²) < 4.78 is 0. The van der Waals surface area contributed by atoms with Crippen LogP contribution < -0.4 is 5.43 Å². The summed E-state index contributed by atoms with van der Waals surface area (Å²) >= 11 is 0. The molecule has 1 N–H and O–H groups in total. The molecule has 0 heterocycles. The third-order valence-electron chi connectivity index (χ3n) is 2.83. The fourth-order valence-electron chi connectivity index (χ4n) is 1.89. The zero-order valence-corrected chi connectivity index (χ0v) is 11.7. The van der Waals surface area contributed by atoms with Crippen LogP contribution in [-0.2, 0) is 0 Å². The van der Waals surface area contributed by atoms with Crippen molar-refractivity contribution in [3.63, 3.8) is 0 Å². The van der Waals surface area contributed by atoms with E-state index in [-0.39, 0.29) is 5.41 Å². The maximum Gasteiger partial charge on any atom is 0.0732 e. The average molecular weight is 252 g/mol. The Labute approximate surface area is 115 Å². The summed E-state index contributed by atoms with van der Waals surface area (Å²) in [5.74, 6) is 0. The number of nitrogens with one attached hydrogen (secondary N) is 1. The Morgan fingerprint density at radius 3 is 1.89 bits per heavy atom. The quantitative estimate of drug-likeness (QED) is 0.629. The Kier molecular flexibility index (Phi) is 4.00. The van der Waals surface area contributed by atoms with Gasteiger partial charge in [0.25, 0.3) is 0 Å². The molecule has 0 spiro atoms. The van der Waals surface area contributed by atoms with Crippen LogP contribution in [0.4, 0.5) is 5.69 Å². The summed E-state index contributed by atoms with van der Waals surface area (Å²) in [7, 11) is 0. The van der Waals surface area contributed by atoms with Crippen LogP contribution in [0.15, 0.2) is 65.8 Å². The minimum Gasteiger partial charge on any atom is -0.278 e. The molecule has 0 aliphatic carbocycles. The molecule has 2 aromatic rings. The highest BCUT2D eigenvalue weighted by molar-refractivity contribution is 6.04. The van der Waals surface area contributed by atoms with Gasteiger partial charge in [0.2, 0.25) is 0 Å². The standard InChI is InChI=1S/C17H20N2/c1-17(2,3)16(14-10-6-4-7-11-14)19-18-15-12-8-5-9-13-15/h4-13,18H,1-3H3. The summed E-state index contributed by atoms with van der Waals surface area (Å²) in [5, 5.41) is 4.60. The summed E-state index contributed by atoms with van der Waals surface area (Å²) in [4.78, 5) is 0. The second-order valence-corrected chi connectivity index (χ2v) is 5.55. The summed E-state index contributed by atoms with van der Waals surface area (Å²) in [5.41, 5.74) is 6.33. The van der Waals surface area contributed by atoms with Crippen LogP contribution in [0.2, 0.25) is 0 Å². The van der Waals surface area contributed by atoms with E-state index in [2.05, 4.69) is 43.4 Å². The van der Waals surface area contributed by atoms with Gasteiger partial charge in [-0.2, -0.15) is 5.10 Å². The van der Waals surface area contributed by atoms with E-state index in [4.69, 9.17) is 0 Å². The molecule has 0 aliphatic heterocycles. The molecule has 0 unspecified atom stereocenters. The lowest BCUT2D eigenvalue weighted by atomic mass is 9.86. The second-order valence-electron chi connectivity index (χ2n) is 5.55. The van der Waals surface area contributed by atoms with Gasteiger partial charge in [0.15, 0.2) is 0 Å². The summed E-state index contributed by atoms with van der Waals surface area (Å²) in [6.07, 6.45) is 0. The second kappa shape index (κ2) is 5.70. The first-order chi connectivity index (χ1) is 9.07. The highest BCUT2D eigenvalue weighted by Crippen LogP contribution is 2.22. The molecule has 0 atom stereocenters. The zero-order valence-electron chi connectivity index (χ0n) is 11.7. The minimum atomic E-state index is -0.0108. The topological polar surface area (TPSA) is 24.4 Å². The molecule has 0 bridgehead atoms. The molecule has 0 saturated heterocycles. The van der Waals surface area contributed by atoms with Crippen LogP contribution in [0.3, 0.4) is 0 Å². The molecular formula is C17H20N2. The summed E-state index contributed by atoms with van der Waals surface area (Å²) in [6.45, 7) is 6.52. The van der Waals surface area contributed by atoms with Gasteiger partial charge in [0, 0.05) is 5.41 Å². The first kappa shape index (κ1) is 13.3. The van der Waals surface area contributed by atoms with Gasteiger partial charge in [-0.05, 0) is 17.7 Å². The van der Waals surface area contributed by atoms with Crippen molar-refractivity contribution in [1.82, 2.24) is 0 Å². The molecule has 2 rings (SSSR count). The van der Waals surface area contributed by atoms with Crippen LogP contribution in [0.1, 0.15) is 26.3 Å². The van der Waals surface area contributed by atoms with Crippen molar-refractivity contribution in [2.75, 3.05) is 5.43 Å². The van der Waals surface area contributed by atoms with Crippen molar-refractivity contribution in [2.24, 2.45) is 10.5 Å². The van der Waals surface area contributed by atoms with Gasteiger partial charge in [0.05, 0.1) is 11.4 Å². The Bertz CT molecular complexity index is 536. The lowest BCUT2D eigenvalue weighted by molar-refractivity contribution is 0.591. The highest BCUT2D eigenvalue weighted by atomic mass is 15.3. The van der Waals surface area contributed by atoms with E-state index in [0.717, 1.165) is 17.0 Å². The van der Waals surface area contributed by atoms with Crippen LogP contribution in [-0.4, -0.2) is 5.71 Å². The van der Waals surface area contributed by atoms with E-state index in [1.54, 1.807) is 0 Å². The molecule has 0 aliphatic rings. The number of hydrogen-bond acceptors (Lipinski definition) is 2. The number of benzene rings is 2. The number of hydrazone groups is 1. The predicted molar refractivity (Wildman–Crippen MR) is 82.5 cm³/mol. The van der Waals surface area contributed by atoms with Gasteiger partial charge < -0.3 is 0 Å². The Morgan fingerprint density at radius 2 is 1.37 bits per heavy atom. The zero-order chi connectivity index (χ0) is 13.7. The molecule has 98 valence electrons. The smallest absolute Gasteiger partial charge is 0.0732 e. The lowest BCUT2D eigenvalue weighted by Gasteiger charge is -2.21. The molecule has 19 heavy (non-hydrogen) atoms. The first-order valence-electron chi connectivity index (χ1n) is 6.52. The van der Waals surface area contributed by atoms with Crippen molar-refractivity contribution < 1.29 is 0 Å². The van der Waals surface area contributed by atoms with E-state index in [1.807, 2.05) is 48.5 Å². The lowest BCUT2D eigenvalue weighted by Crippen LogP contribution is -2.22. The van der Waals surface area contributed by atoms with E-state index >= 15 is 0 Å². The minimum absolute atomic E-state index is 0.0108. The third kappa shape index (κ3) is 3.68. The van der Waals surface area contributed by atoms with E-state index in [1.165, 1.54) is 0 Å². The molecular weight excluding hydrogens is 232 g/mol. The number of nitrogens with zero attached hydrogens (tertiary/aromatic N) is 1. The van der Waals surface area contributed by atoms with Crippen molar-refractivity contribution in [1.29, 1.82) is 0 Å². The van der Waals surface area contributed by atoms with Crippen LogP contribution in [0, 0.1) is 5.41 Å². The Balaban J connectivity index is 2.29. The number of hydrogen-bond donors (Lipinski definition) is 1. The molecule has 2 nitrogen and oxygen atoms in total. The van der Waals surface area contributed by atoms with E-state index in [9.17, 15) is 0 Å². The largest absolute Gasteiger partial charge is 0.278 e. The van der Waals surface area contributed by atoms with Crippen LogP contribution in [0.25, 0.3) is 0 Å². The molecule has 2 aromatic carbocycles. The van der Waals surface area contributed by atoms with Crippen molar-refractivity contribution in [3.8, 4) is 0 Å². The van der Waals surface area contributed by atoms with Crippen LogP contribution in [0.5, 0.6) is 0 Å². The molecule has 0 aromatic heterocycles. The molecule has 0 radical (unpaired) electrons. The number of para-hydroxylation sites is 1. The van der Waals surface area contributed by atoms with Gasteiger partial charge >= 0.3 is 0 Å². The van der Waals surface area contributed by atoms with Gasteiger partial charge in [0.1, 0.15) is 0 Å². The Hall–Kier alpha value is -2.09. The van der Waals surface area contributed by atoms with E-state index in [0.29, 0.717) is 0 Å². The van der Waals surface area contributed by atoms with Gasteiger partial charge in [-0.1, -0.05) is 69.3 Å². The van der Waals surface area contributed by atoms with Gasteiger partial charge in [-0.3, -0.25) is 5.43 Å². The maximum atomic E-state index is 4.60. The normalized spacial score (nSPS) is 12.3. The molecule has 0 saturated carbocycles. The molecule has 0 amide bonds. The van der Waals surface area contributed by atoms with E-state index < -0.39 is 0 Å². The number of anilines is 1.